The quantitative estimate of drug-likeness (QED) is 0.707. The number of allylic oxidation sites excluding steroid dienone is 1. The third kappa shape index (κ3) is 3.62. The van der Waals surface area contributed by atoms with Crippen LogP contribution in [0.4, 0.5) is 8.78 Å². The van der Waals surface area contributed by atoms with Gasteiger partial charge in [-0.1, -0.05) is 11.6 Å². The van der Waals surface area contributed by atoms with Crippen LogP contribution in [0.3, 0.4) is 0 Å². The van der Waals surface area contributed by atoms with Gasteiger partial charge in [-0.25, -0.2) is 22.0 Å². The molecule has 154 valence electrons. The summed E-state index contributed by atoms with van der Waals surface area (Å²) >= 11 is 5.84. The number of carbonyl (C=O) groups excluding carboxylic acids is 1. The summed E-state index contributed by atoms with van der Waals surface area (Å²) in [6, 6.07) is 7.75. The Labute approximate surface area is 171 Å². The lowest BCUT2D eigenvalue weighted by molar-refractivity contribution is -0.136. The van der Waals surface area contributed by atoms with Crippen LogP contribution in [0.5, 0.6) is 0 Å². The van der Waals surface area contributed by atoms with Gasteiger partial charge in [-0.2, -0.15) is 0 Å². The lowest BCUT2D eigenvalue weighted by Crippen LogP contribution is -2.41. The number of esters is 1. The number of hydrogen-bond acceptors (Lipinski definition) is 5. The predicted molar refractivity (Wildman–Crippen MR) is 102 cm³/mol. The maximum Gasteiger partial charge on any atom is 0.337 e. The van der Waals surface area contributed by atoms with Crippen molar-refractivity contribution in [2.75, 3.05) is 7.11 Å². The van der Waals surface area contributed by atoms with Gasteiger partial charge in [-0.15, -0.1) is 0 Å². The van der Waals surface area contributed by atoms with Gasteiger partial charge in [-0.3, -0.25) is 0 Å². The highest BCUT2D eigenvalue weighted by atomic mass is 35.5. The highest BCUT2D eigenvalue weighted by Crippen LogP contribution is 2.49. The SMILES string of the molecule is COC(=O)C1=C(O)CCC(c2cc(F)ccc2F)(S(=O)(=O)c2ccc(Cl)cc2)C1. The summed E-state index contributed by atoms with van der Waals surface area (Å²) < 4.78 is 58.7. The lowest BCUT2D eigenvalue weighted by atomic mass is 9.81. The first-order valence-electron chi connectivity index (χ1n) is 8.57. The molecular formula is C20H17ClF2O5S. The van der Waals surface area contributed by atoms with Crippen LogP contribution in [-0.2, 0) is 24.1 Å². The van der Waals surface area contributed by atoms with E-state index in [1.54, 1.807) is 0 Å². The summed E-state index contributed by atoms with van der Waals surface area (Å²) in [6.07, 6.45) is -1.06. The molecule has 2 aromatic carbocycles. The molecule has 1 unspecified atom stereocenters. The van der Waals surface area contributed by atoms with Crippen LogP contribution >= 0.6 is 11.6 Å². The van der Waals surface area contributed by atoms with Crippen LogP contribution in [-0.4, -0.2) is 26.6 Å². The second-order valence-electron chi connectivity index (χ2n) is 6.67. The molecule has 0 aliphatic heterocycles. The van der Waals surface area contributed by atoms with Gasteiger partial charge in [0.05, 0.1) is 17.6 Å². The number of methoxy groups -OCH3 is 1. The van der Waals surface area contributed by atoms with Crippen molar-refractivity contribution in [1.82, 2.24) is 0 Å². The molecule has 0 radical (unpaired) electrons. The van der Waals surface area contributed by atoms with E-state index in [-0.39, 0.29) is 29.1 Å². The van der Waals surface area contributed by atoms with Crippen molar-refractivity contribution in [3.05, 3.63) is 76.0 Å². The van der Waals surface area contributed by atoms with Gasteiger partial charge in [0.15, 0.2) is 9.84 Å². The molecule has 0 aromatic heterocycles. The number of rotatable bonds is 4. The minimum Gasteiger partial charge on any atom is -0.512 e. The van der Waals surface area contributed by atoms with E-state index in [0.29, 0.717) is 5.02 Å². The van der Waals surface area contributed by atoms with Gasteiger partial charge in [-0.05, 0) is 48.9 Å². The van der Waals surface area contributed by atoms with Crippen LogP contribution in [0.2, 0.25) is 5.02 Å². The Balaban J connectivity index is 2.30. The monoisotopic (exact) mass is 442 g/mol. The molecule has 2 aromatic rings. The molecule has 0 fully saturated rings. The summed E-state index contributed by atoms with van der Waals surface area (Å²) in [4.78, 5) is 12.0. The second kappa shape index (κ2) is 7.76. The van der Waals surface area contributed by atoms with Crippen LogP contribution in [0.25, 0.3) is 0 Å². The third-order valence-electron chi connectivity index (χ3n) is 5.07. The standard InChI is InChI=1S/C20H17ClF2O5S/c1-28-19(25)15-11-20(9-8-18(15)24,16-10-13(22)4-7-17(16)23)29(26,27)14-5-2-12(21)3-6-14/h2-7,10,24H,8-9,11H2,1H3. The van der Waals surface area contributed by atoms with Crippen molar-refractivity contribution in [3.63, 3.8) is 0 Å². The Bertz CT molecular complexity index is 1100. The van der Waals surface area contributed by atoms with Gasteiger partial charge < -0.3 is 9.84 Å². The number of sulfone groups is 1. The minimum absolute atomic E-state index is 0.170. The molecule has 1 N–H and O–H groups in total. The summed E-state index contributed by atoms with van der Waals surface area (Å²) in [5.74, 6) is -3.04. The summed E-state index contributed by atoms with van der Waals surface area (Å²) in [5.41, 5.74) is -0.707. The number of ether oxygens (including phenoxy) is 1. The molecule has 5 nitrogen and oxygen atoms in total. The Hall–Kier alpha value is -2.45. The minimum atomic E-state index is -4.35. The van der Waals surface area contributed by atoms with E-state index in [2.05, 4.69) is 4.74 Å². The first-order valence-corrected chi connectivity index (χ1v) is 10.4. The number of aliphatic hydroxyl groups excluding tert-OH is 1. The molecule has 9 heteroatoms. The lowest BCUT2D eigenvalue weighted by Gasteiger charge is -2.37. The number of halogens is 3. The normalized spacial score (nSPS) is 19.9. The predicted octanol–water partition coefficient (Wildman–Crippen LogP) is 4.46. The molecule has 0 saturated carbocycles. The van der Waals surface area contributed by atoms with Crippen LogP contribution < -0.4 is 0 Å². The Kier molecular flexibility index (Phi) is 5.69. The van der Waals surface area contributed by atoms with Crippen molar-refractivity contribution in [2.45, 2.75) is 28.9 Å². The molecule has 3 rings (SSSR count). The topological polar surface area (TPSA) is 80.7 Å². The molecule has 0 saturated heterocycles. The largest absolute Gasteiger partial charge is 0.512 e. The van der Waals surface area contributed by atoms with Gasteiger partial charge in [0.25, 0.3) is 0 Å². The van der Waals surface area contributed by atoms with E-state index in [4.69, 9.17) is 11.6 Å². The molecule has 0 amide bonds. The van der Waals surface area contributed by atoms with Crippen molar-refractivity contribution in [3.8, 4) is 0 Å². The smallest absolute Gasteiger partial charge is 0.337 e. The fraction of sp³-hybridized carbons (Fsp3) is 0.250. The first kappa shape index (κ1) is 21.3. The fourth-order valence-corrected chi connectivity index (χ4v) is 5.77. The average Bonchev–Trinajstić information content (AvgIpc) is 2.70. The zero-order chi connectivity index (χ0) is 21.4. The third-order valence-corrected chi connectivity index (χ3v) is 7.81. The van der Waals surface area contributed by atoms with E-state index >= 15 is 0 Å². The molecule has 1 aliphatic rings. The van der Waals surface area contributed by atoms with Gasteiger partial charge in [0, 0.05) is 23.4 Å². The summed E-state index contributed by atoms with van der Waals surface area (Å²) in [5, 5.41) is 10.4. The molecule has 29 heavy (non-hydrogen) atoms. The average molecular weight is 443 g/mol. The second-order valence-corrected chi connectivity index (χ2v) is 9.37. The molecule has 1 aliphatic carbocycles. The maximum absolute atomic E-state index is 14.8. The Morgan fingerprint density at radius 3 is 2.45 bits per heavy atom. The van der Waals surface area contributed by atoms with E-state index in [1.165, 1.54) is 24.3 Å². The number of aliphatic hydroxyl groups is 1. The summed E-state index contributed by atoms with van der Waals surface area (Å²) in [6.45, 7) is 0. The van der Waals surface area contributed by atoms with Crippen LogP contribution in [0, 0.1) is 11.6 Å². The zero-order valence-corrected chi connectivity index (χ0v) is 16.9. The van der Waals surface area contributed by atoms with Gasteiger partial charge in [0.2, 0.25) is 0 Å². The van der Waals surface area contributed by atoms with E-state index in [0.717, 1.165) is 25.3 Å². The number of hydrogen-bond donors (Lipinski definition) is 1. The van der Waals surface area contributed by atoms with Crippen LogP contribution in [0.15, 0.2) is 58.7 Å². The highest BCUT2D eigenvalue weighted by molar-refractivity contribution is 7.92. The maximum atomic E-state index is 14.8. The van der Waals surface area contributed by atoms with Crippen LogP contribution in [0.1, 0.15) is 24.8 Å². The van der Waals surface area contributed by atoms with E-state index in [9.17, 15) is 27.1 Å². The number of benzene rings is 2. The fourth-order valence-electron chi connectivity index (χ4n) is 3.55. The number of carbonyl (C=O) groups is 1. The molecule has 0 spiro atoms. The summed E-state index contributed by atoms with van der Waals surface area (Å²) in [7, 11) is -3.27. The van der Waals surface area contributed by atoms with E-state index < -0.39 is 44.2 Å². The highest BCUT2D eigenvalue weighted by Gasteiger charge is 2.51. The molecule has 0 bridgehead atoms. The van der Waals surface area contributed by atoms with Gasteiger partial charge in [0.1, 0.15) is 22.1 Å². The van der Waals surface area contributed by atoms with Crippen molar-refractivity contribution in [1.29, 1.82) is 0 Å². The molecule has 0 heterocycles. The van der Waals surface area contributed by atoms with Crippen molar-refractivity contribution in [2.24, 2.45) is 0 Å². The Morgan fingerprint density at radius 2 is 1.83 bits per heavy atom. The van der Waals surface area contributed by atoms with E-state index in [1.807, 2.05) is 0 Å². The van der Waals surface area contributed by atoms with Crippen molar-refractivity contribution >= 4 is 27.4 Å². The van der Waals surface area contributed by atoms with Gasteiger partial charge >= 0.3 is 5.97 Å². The Morgan fingerprint density at radius 1 is 1.17 bits per heavy atom. The first-order chi connectivity index (χ1) is 13.6. The van der Waals surface area contributed by atoms with Crippen molar-refractivity contribution < 1.29 is 31.8 Å². The zero-order valence-electron chi connectivity index (χ0n) is 15.3. The molecule has 1 atom stereocenters. The molecular weight excluding hydrogens is 426 g/mol.